The van der Waals surface area contributed by atoms with Crippen LogP contribution in [0.25, 0.3) is 0 Å². The van der Waals surface area contributed by atoms with Crippen LogP contribution in [0.4, 0.5) is 0 Å². The molecule has 5 heteroatoms. The van der Waals surface area contributed by atoms with Gasteiger partial charge in [0.2, 0.25) is 0 Å². The highest BCUT2D eigenvalue weighted by Crippen LogP contribution is 2.34. The van der Waals surface area contributed by atoms with Gasteiger partial charge in [-0.25, -0.2) is 0 Å². The average Bonchev–Trinajstić information content (AvgIpc) is 3.10. The Labute approximate surface area is 150 Å². The molecule has 24 heavy (non-hydrogen) atoms. The van der Waals surface area contributed by atoms with Gasteiger partial charge in [-0.05, 0) is 36.6 Å². The van der Waals surface area contributed by atoms with Crippen LogP contribution in [-0.4, -0.2) is 59.8 Å². The third-order valence-corrected chi connectivity index (χ3v) is 6.43. The number of rotatable bonds is 7. The van der Waals surface area contributed by atoms with Crippen molar-refractivity contribution in [3.8, 4) is 0 Å². The molecule has 1 aromatic heterocycles. The van der Waals surface area contributed by atoms with E-state index < -0.39 is 0 Å². The van der Waals surface area contributed by atoms with E-state index in [1.54, 1.807) is 0 Å². The standard InChI is InChI=1S/C19H31N3OS/c1-16(2)13-18(17-5-3-4-7-20-17)21-14-19(6-12-24-15-19)22-8-10-23-11-9-22/h3-5,7,16,18,21H,6,8-15H2,1-2H3/t18-,19-/m0/s1. The summed E-state index contributed by atoms with van der Waals surface area (Å²) in [5.41, 5.74) is 1.47. The number of nitrogens with zero attached hydrogens (tertiary/aromatic N) is 2. The molecule has 0 saturated carbocycles. The zero-order valence-corrected chi connectivity index (χ0v) is 15.9. The summed E-state index contributed by atoms with van der Waals surface area (Å²) in [6, 6.07) is 6.60. The Hall–Kier alpha value is -0.620. The molecule has 2 atom stereocenters. The van der Waals surface area contributed by atoms with Crippen LogP contribution in [-0.2, 0) is 4.74 Å². The third-order valence-electron chi connectivity index (χ3n) is 5.19. The van der Waals surface area contributed by atoms with Crippen molar-refractivity contribution in [2.45, 2.75) is 38.3 Å². The maximum atomic E-state index is 5.57. The number of nitrogens with one attached hydrogen (secondary N) is 1. The summed E-state index contributed by atoms with van der Waals surface area (Å²) in [4.78, 5) is 7.29. The first-order valence-electron chi connectivity index (χ1n) is 9.24. The van der Waals surface area contributed by atoms with Crippen molar-refractivity contribution in [3.63, 3.8) is 0 Å². The SMILES string of the molecule is CC(C)C[C@H](NC[C@@]1(N2CCOCC2)CCSC1)c1ccccn1. The molecule has 2 saturated heterocycles. The summed E-state index contributed by atoms with van der Waals surface area (Å²) in [5.74, 6) is 3.16. The first-order chi connectivity index (χ1) is 11.7. The second-order valence-corrected chi connectivity index (χ2v) is 8.55. The van der Waals surface area contributed by atoms with E-state index in [0.717, 1.165) is 39.3 Å². The lowest BCUT2D eigenvalue weighted by molar-refractivity contribution is -0.0143. The molecule has 0 aromatic carbocycles. The third kappa shape index (κ3) is 4.51. The van der Waals surface area contributed by atoms with E-state index in [-0.39, 0.29) is 0 Å². The Morgan fingerprint density at radius 3 is 2.79 bits per heavy atom. The molecule has 1 aromatic rings. The summed E-state index contributed by atoms with van der Waals surface area (Å²) in [7, 11) is 0. The number of morpholine rings is 1. The van der Waals surface area contributed by atoms with Gasteiger partial charge in [-0.2, -0.15) is 11.8 Å². The molecule has 1 N–H and O–H groups in total. The fourth-order valence-corrected chi connectivity index (χ4v) is 5.29. The van der Waals surface area contributed by atoms with Gasteiger partial charge in [-0.15, -0.1) is 0 Å². The van der Waals surface area contributed by atoms with E-state index in [1.807, 2.05) is 12.3 Å². The summed E-state index contributed by atoms with van der Waals surface area (Å²) >= 11 is 2.10. The smallest absolute Gasteiger partial charge is 0.0594 e. The summed E-state index contributed by atoms with van der Waals surface area (Å²) in [6.45, 7) is 9.53. The van der Waals surface area contributed by atoms with Crippen LogP contribution in [0.5, 0.6) is 0 Å². The topological polar surface area (TPSA) is 37.4 Å². The fraction of sp³-hybridized carbons (Fsp3) is 0.737. The Morgan fingerprint density at radius 1 is 1.33 bits per heavy atom. The average molecular weight is 350 g/mol. The van der Waals surface area contributed by atoms with Gasteiger partial charge in [-0.1, -0.05) is 19.9 Å². The van der Waals surface area contributed by atoms with Crippen LogP contribution in [0.3, 0.4) is 0 Å². The fourth-order valence-electron chi connectivity index (χ4n) is 3.81. The van der Waals surface area contributed by atoms with Crippen molar-refractivity contribution in [2.24, 2.45) is 5.92 Å². The normalized spacial score (nSPS) is 26.8. The molecule has 3 heterocycles. The first-order valence-corrected chi connectivity index (χ1v) is 10.4. The molecule has 2 aliphatic heterocycles. The number of hydrogen-bond donors (Lipinski definition) is 1. The van der Waals surface area contributed by atoms with E-state index in [9.17, 15) is 0 Å². The van der Waals surface area contributed by atoms with Crippen molar-refractivity contribution in [3.05, 3.63) is 30.1 Å². The van der Waals surface area contributed by atoms with Gasteiger partial charge < -0.3 is 10.1 Å². The molecular weight excluding hydrogens is 318 g/mol. The van der Waals surface area contributed by atoms with Gasteiger partial charge >= 0.3 is 0 Å². The molecule has 2 fully saturated rings. The lowest BCUT2D eigenvalue weighted by Crippen LogP contribution is -2.58. The second kappa shape index (κ2) is 8.65. The van der Waals surface area contributed by atoms with Gasteiger partial charge in [0.25, 0.3) is 0 Å². The Balaban J connectivity index is 1.69. The van der Waals surface area contributed by atoms with Crippen molar-refractivity contribution in [1.29, 1.82) is 0 Å². The summed E-state index contributed by atoms with van der Waals surface area (Å²) in [5, 5.41) is 3.89. The van der Waals surface area contributed by atoms with Gasteiger partial charge in [0.1, 0.15) is 0 Å². The maximum Gasteiger partial charge on any atom is 0.0594 e. The lowest BCUT2D eigenvalue weighted by atomic mass is 9.93. The molecule has 134 valence electrons. The van der Waals surface area contributed by atoms with E-state index in [0.29, 0.717) is 17.5 Å². The molecule has 4 nitrogen and oxygen atoms in total. The first kappa shape index (κ1) is 18.2. The van der Waals surface area contributed by atoms with Gasteiger partial charge in [0.05, 0.1) is 18.9 Å². The molecule has 3 rings (SSSR count). The zero-order chi connectivity index (χ0) is 16.8. The number of ether oxygens (including phenoxy) is 1. The predicted molar refractivity (Wildman–Crippen MR) is 102 cm³/mol. The van der Waals surface area contributed by atoms with E-state index in [2.05, 4.69) is 52.9 Å². The molecule has 0 bridgehead atoms. The molecule has 0 radical (unpaired) electrons. The molecule has 0 unspecified atom stereocenters. The monoisotopic (exact) mass is 349 g/mol. The van der Waals surface area contributed by atoms with Crippen molar-refractivity contribution >= 4 is 11.8 Å². The molecule has 2 aliphatic rings. The van der Waals surface area contributed by atoms with Gasteiger partial charge in [0, 0.05) is 43.2 Å². The zero-order valence-electron chi connectivity index (χ0n) is 15.0. The number of thioether (sulfide) groups is 1. The van der Waals surface area contributed by atoms with Crippen molar-refractivity contribution < 1.29 is 4.74 Å². The summed E-state index contributed by atoms with van der Waals surface area (Å²) < 4.78 is 5.57. The summed E-state index contributed by atoms with van der Waals surface area (Å²) in [6.07, 6.45) is 4.32. The van der Waals surface area contributed by atoms with Gasteiger partial charge in [-0.3, -0.25) is 9.88 Å². The minimum Gasteiger partial charge on any atom is -0.379 e. The molecular formula is C19H31N3OS. The highest BCUT2D eigenvalue weighted by molar-refractivity contribution is 7.99. The second-order valence-electron chi connectivity index (χ2n) is 7.44. The number of hydrogen-bond acceptors (Lipinski definition) is 5. The highest BCUT2D eigenvalue weighted by Gasteiger charge is 2.40. The van der Waals surface area contributed by atoms with Crippen LogP contribution in [0.2, 0.25) is 0 Å². The lowest BCUT2D eigenvalue weighted by Gasteiger charge is -2.43. The molecule has 0 spiro atoms. The largest absolute Gasteiger partial charge is 0.379 e. The Morgan fingerprint density at radius 2 is 2.17 bits per heavy atom. The van der Waals surface area contributed by atoms with Crippen LogP contribution in [0.1, 0.15) is 38.4 Å². The van der Waals surface area contributed by atoms with Crippen LogP contribution in [0, 0.1) is 5.92 Å². The van der Waals surface area contributed by atoms with Crippen LogP contribution >= 0.6 is 11.8 Å². The molecule has 0 amide bonds. The molecule has 0 aliphatic carbocycles. The number of pyridine rings is 1. The van der Waals surface area contributed by atoms with E-state index in [1.165, 1.54) is 23.6 Å². The quantitative estimate of drug-likeness (QED) is 0.819. The van der Waals surface area contributed by atoms with E-state index >= 15 is 0 Å². The minimum atomic E-state index is 0.290. The van der Waals surface area contributed by atoms with Crippen molar-refractivity contribution in [1.82, 2.24) is 15.2 Å². The van der Waals surface area contributed by atoms with Crippen molar-refractivity contribution in [2.75, 3.05) is 44.4 Å². The number of aromatic nitrogens is 1. The maximum absolute atomic E-state index is 5.57. The van der Waals surface area contributed by atoms with Crippen LogP contribution < -0.4 is 5.32 Å². The predicted octanol–water partition coefficient (Wildman–Crippen LogP) is 2.97. The van der Waals surface area contributed by atoms with Gasteiger partial charge in [0.15, 0.2) is 0 Å². The van der Waals surface area contributed by atoms with E-state index in [4.69, 9.17) is 4.74 Å². The minimum absolute atomic E-state index is 0.290. The highest BCUT2D eigenvalue weighted by atomic mass is 32.2. The van der Waals surface area contributed by atoms with Crippen LogP contribution in [0.15, 0.2) is 24.4 Å². The Kier molecular flexibility index (Phi) is 6.56. The Bertz CT molecular complexity index is 485.